The van der Waals surface area contributed by atoms with E-state index in [0.717, 1.165) is 55.6 Å². The van der Waals surface area contributed by atoms with Crippen LogP contribution in [0.15, 0.2) is 97.3 Å². The van der Waals surface area contributed by atoms with Crippen molar-refractivity contribution in [2.45, 2.75) is 215 Å². The number of nitrogens with two attached hydrogens (primary N) is 1. The smallest absolute Gasteiger partial charge is 0.408 e. The maximum absolute atomic E-state index is 13.9. The van der Waals surface area contributed by atoms with E-state index in [-0.39, 0.29) is 68.8 Å². The summed E-state index contributed by atoms with van der Waals surface area (Å²) in [5.41, 5.74) is 4.95. The first-order valence-corrected chi connectivity index (χ1v) is 40.1. The lowest BCUT2D eigenvalue weighted by Crippen LogP contribution is -2.56. The number of pyridine rings is 2. The first kappa shape index (κ1) is 87.4. The molecule has 1 amide bonds. The minimum absolute atomic E-state index is 0.0173. The number of aromatic nitrogens is 8. The Morgan fingerprint density at radius 2 is 1.05 bits per heavy atom. The lowest BCUT2D eigenvalue weighted by atomic mass is 9.72. The molecule has 6 heterocycles. The number of nitrogens with one attached hydrogen (secondary N) is 1. The maximum Gasteiger partial charge on any atom is 0.408 e. The Morgan fingerprint density at radius 3 is 1.55 bits per heavy atom. The van der Waals surface area contributed by atoms with Crippen molar-refractivity contribution in [3.8, 4) is 57.4 Å². The highest BCUT2D eigenvalue weighted by Gasteiger charge is 2.53. The van der Waals surface area contributed by atoms with E-state index in [1.165, 1.54) is 87.4 Å². The fraction of sp³-hybridized carbons (Fsp3) is 0.437. The molecule has 8 aliphatic rings. The second kappa shape index (κ2) is 37.3. The number of rotatable bonds is 14. The first-order chi connectivity index (χ1) is 58.0. The molecule has 3 unspecified atom stereocenters. The largest absolute Gasteiger partial charge is 0.507 e. The number of allylic oxidation sites excluding steroid dienone is 1. The Morgan fingerprint density at radius 1 is 0.554 bits per heavy atom. The van der Waals surface area contributed by atoms with Crippen LogP contribution in [-0.4, -0.2) is 226 Å². The number of aliphatic hydroxyl groups excluding tert-OH is 4. The monoisotopic (exact) mass is 1660 g/mol. The Kier molecular flexibility index (Phi) is 26.9. The molecule has 13 N–H and O–H groups in total. The van der Waals surface area contributed by atoms with E-state index >= 15 is 0 Å². The summed E-state index contributed by atoms with van der Waals surface area (Å²) in [5.74, 6) is -6.75. The van der Waals surface area contributed by atoms with Crippen LogP contribution in [0.25, 0.3) is 22.9 Å². The van der Waals surface area contributed by atoms with Crippen molar-refractivity contribution in [3.05, 3.63) is 187 Å². The van der Waals surface area contributed by atoms with Gasteiger partial charge in [0.25, 0.3) is 0 Å². The van der Waals surface area contributed by atoms with Crippen LogP contribution >= 0.6 is 0 Å². The summed E-state index contributed by atoms with van der Waals surface area (Å²) >= 11 is 0. The number of amides is 1. The van der Waals surface area contributed by atoms with E-state index in [4.69, 9.17) is 38.9 Å². The molecule has 13 atom stereocenters. The average Bonchev–Trinajstić information content (AvgIpc) is 0.713. The number of ketones is 6. The number of methoxy groups -OCH3 is 2. The van der Waals surface area contributed by atoms with Crippen LogP contribution in [0, 0.1) is 13.8 Å². The lowest BCUT2D eigenvalue weighted by molar-refractivity contribution is -0.249. The number of carbonyl (C=O) groups excluding carboxylic acids is 7. The van der Waals surface area contributed by atoms with Gasteiger partial charge in [-0.25, -0.2) is 4.79 Å². The fourth-order valence-corrected chi connectivity index (χ4v) is 16.9. The molecule has 0 spiro atoms. The molecular weight excluding hydrogens is 1570 g/mol. The van der Waals surface area contributed by atoms with Crippen LogP contribution in [0.5, 0.6) is 34.5 Å². The van der Waals surface area contributed by atoms with Gasteiger partial charge in [0.1, 0.15) is 82.5 Å². The third kappa shape index (κ3) is 17.9. The minimum Gasteiger partial charge on any atom is -0.507 e. The molecule has 0 radical (unpaired) electrons. The molecule has 2 aliphatic heterocycles. The quantitative estimate of drug-likeness (QED) is 0.0393. The van der Waals surface area contributed by atoms with Gasteiger partial charge in [0.2, 0.25) is 17.4 Å². The zero-order valence-electron chi connectivity index (χ0n) is 67.4. The molecule has 638 valence electrons. The highest BCUT2D eigenvalue weighted by Crippen LogP contribution is 2.55. The zero-order chi connectivity index (χ0) is 86.5. The Labute approximate surface area is 694 Å². The van der Waals surface area contributed by atoms with E-state index in [9.17, 15) is 84.6 Å². The molecule has 2 saturated heterocycles. The van der Waals surface area contributed by atoms with Crippen LogP contribution in [0.2, 0.25) is 0 Å². The summed E-state index contributed by atoms with van der Waals surface area (Å²) in [4.78, 5) is 102. The summed E-state index contributed by atoms with van der Waals surface area (Å²) in [6.45, 7) is 4.86. The molecule has 0 saturated carbocycles. The Hall–Kier alpha value is -11.4. The van der Waals surface area contributed by atoms with Crippen molar-refractivity contribution in [3.63, 3.8) is 0 Å². The average molecular weight is 1670 g/mol. The Balaban J connectivity index is 0.000000155. The molecule has 121 heavy (non-hydrogen) atoms. The third-order valence-corrected chi connectivity index (χ3v) is 23.2. The van der Waals surface area contributed by atoms with Crippen LogP contribution in [0.1, 0.15) is 218 Å². The van der Waals surface area contributed by atoms with Crippen LogP contribution in [0.4, 0.5) is 4.79 Å². The van der Waals surface area contributed by atoms with Gasteiger partial charge in [-0.1, -0.05) is 61.7 Å². The number of carbonyl (C=O) groups is 7. The van der Waals surface area contributed by atoms with Crippen LogP contribution in [-0.2, 0) is 59.0 Å². The SMILES string of the molecule is COc1cccc2c1C(=O)c1c(O)c3c(c(O)c1C2=O)C[C@@](O)(C(=O)CO)C[C@@H]3O[C@H]1C[C@@H](N)[C@H](O)C(C)O1.COc1cccc2c1C(=O)c1c(O)c3c(c(O)c1C2=O)C[C@@](O)(C(=O)CO)C[C@@H]3O[C@H]1C[C@@H](NC(=O)OC2/C=C/CCCCC2)[C@H](O)C(C)O1.Cc1nnc(-c2ccccn2)c2c1CCCCCC2.Cc1nnc(-c2ccccn2)nn1. The number of fused-ring (bicyclic) bond motifs is 7. The summed E-state index contributed by atoms with van der Waals surface area (Å²) in [7, 11) is 2.64. The number of aromatic hydroxyl groups is 4. The van der Waals surface area contributed by atoms with Gasteiger partial charge in [0.05, 0.1) is 95.5 Å². The molecule has 34 heteroatoms. The standard InChI is InChI=1S/C36H41NO13.C27H29NO11.C16H19N3.C8H7N5/c1-17-30(40)21(37-35(45)49-18-9-6-4-3-5-7-10-18)13-25(48-17)50-23-15-36(46,24(39)16-38)14-20-27(23)34(44)29-28(32(20)42)31(41)19-11-8-12-22(47-2)26(19)33(29)43;1-10-22(31)13(28)6-17(38-10)39-15-8-27(36,16(30)9-29)7-12-19(15)26(35)21-20(24(12)33)23(32)11-4-3-5-14(37-2)18(11)25(21)34;1-12-13-8-4-2-3-5-9-14(13)16(19-18-12)15-10-6-7-11-17-15;1-6-10-12-8(13-11-6)7-4-2-3-5-9-7/h6,8-9,11-12,17-18,21,23,25,30,38,40,42,44,46H,3-5,7,10,13-16H2,1-2H3,(H,37,45);3-5,10,13,15,17,22,29,31,33,35-36H,6-9,28H2,1-2H3;6-7,10-11H,2-5,8-9H2,1H3;2-5H,1H3/b9-6+;;;/t17?,18?,21-,23+,25+,30-,36+;10?,13-,15+,17+,22-,27+;;/m11../s1. The Bertz CT molecular complexity index is 5280. The van der Waals surface area contributed by atoms with Gasteiger partial charge in [-0.15, -0.1) is 25.5 Å². The van der Waals surface area contributed by atoms with Crippen molar-refractivity contribution >= 4 is 40.8 Å². The summed E-state index contributed by atoms with van der Waals surface area (Å²) < 4.78 is 40.0. The summed E-state index contributed by atoms with van der Waals surface area (Å²) in [6.07, 6.45) is 6.92. The molecule has 4 aromatic heterocycles. The van der Waals surface area contributed by atoms with Crippen LogP contribution < -0.4 is 20.5 Å². The summed E-state index contributed by atoms with van der Waals surface area (Å²) in [5, 5.41) is 136. The van der Waals surface area contributed by atoms with Gasteiger partial charge in [0, 0.05) is 90.3 Å². The highest BCUT2D eigenvalue weighted by atomic mass is 16.7. The normalized spacial score (nSPS) is 25.4. The molecule has 8 aromatic rings. The molecule has 2 fully saturated rings. The number of hydrogen-bond acceptors (Lipinski definition) is 33. The number of hydrogen-bond donors (Lipinski definition) is 12. The zero-order valence-corrected chi connectivity index (χ0v) is 67.4. The number of phenols is 4. The van der Waals surface area contributed by atoms with Crippen molar-refractivity contribution in [2.24, 2.45) is 5.73 Å². The van der Waals surface area contributed by atoms with Gasteiger partial charge < -0.3 is 95.3 Å². The molecule has 34 nitrogen and oxygen atoms in total. The topological polar surface area (TPSA) is 528 Å². The van der Waals surface area contributed by atoms with E-state index in [0.29, 0.717) is 23.8 Å². The van der Waals surface area contributed by atoms with Crippen LogP contribution in [0.3, 0.4) is 0 Å². The predicted octanol–water partition coefficient (Wildman–Crippen LogP) is 6.80. The number of aryl methyl sites for hydroxylation is 2. The summed E-state index contributed by atoms with van der Waals surface area (Å²) in [6, 6.07) is 18.5. The number of aliphatic hydroxyl groups is 6. The number of ether oxygens (including phenoxy) is 7. The minimum atomic E-state index is -2.32. The third-order valence-electron chi connectivity index (χ3n) is 23.2. The number of phenolic OH excluding ortho intramolecular Hbond substituents is 4. The second-order valence-corrected chi connectivity index (χ2v) is 31.1. The molecule has 16 rings (SSSR count). The fourth-order valence-electron chi connectivity index (χ4n) is 16.9. The highest BCUT2D eigenvalue weighted by molar-refractivity contribution is 6.32. The van der Waals surface area contributed by atoms with E-state index in [1.54, 1.807) is 27.0 Å². The van der Waals surface area contributed by atoms with Crippen molar-refractivity contribution in [1.82, 2.24) is 45.9 Å². The van der Waals surface area contributed by atoms with Gasteiger partial charge >= 0.3 is 6.09 Å². The number of benzene rings is 4. The van der Waals surface area contributed by atoms with E-state index in [1.807, 2.05) is 54.7 Å². The lowest BCUT2D eigenvalue weighted by Gasteiger charge is -2.42. The second-order valence-electron chi connectivity index (χ2n) is 31.1. The number of nitrogens with zero attached hydrogens (tertiary/aromatic N) is 8. The molecular formula is C87H96N10O24. The predicted molar refractivity (Wildman–Crippen MR) is 426 cm³/mol. The van der Waals surface area contributed by atoms with E-state index < -0.39 is 204 Å². The number of Topliss-reactive ketones (excluding diaryl/α,β-unsaturated/α-hetero) is 2. The van der Waals surface area contributed by atoms with Crippen molar-refractivity contribution in [1.29, 1.82) is 0 Å². The maximum atomic E-state index is 13.9. The van der Waals surface area contributed by atoms with Gasteiger partial charge in [-0.05, 0) is 133 Å². The van der Waals surface area contributed by atoms with Gasteiger partial charge in [-0.2, -0.15) is 5.10 Å². The number of alkyl carbamates (subject to hydrolysis) is 1. The molecule has 6 aliphatic carbocycles. The van der Waals surface area contributed by atoms with E-state index in [2.05, 4.69) is 52.8 Å². The first-order valence-electron chi connectivity index (χ1n) is 40.1. The molecule has 4 aromatic carbocycles. The van der Waals surface area contributed by atoms with Gasteiger partial charge in [0.15, 0.2) is 41.5 Å². The molecule has 0 bridgehead atoms. The van der Waals surface area contributed by atoms with Crippen molar-refractivity contribution < 1.29 is 118 Å². The van der Waals surface area contributed by atoms with Crippen molar-refractivity contribution in [2.75, 3.05) is 27.4 Å². The van der Waals surface area contributed by atoms with Gasteiger partial charge in [-0.3, -0.25) is 38.7 Å².